The van der Waals surface area contributed by atoms with Gasteiger partial charge in [-0.3, -0.25) is 4.79 Å². The first kappa shape index (κ1) is 15.7. The van der Waals surface area contributed by atoms with Crippen LogP contribution in [0.5, 0.6) is 5.75 Å². The van der Waals surface area contributed by atoms with Crippen molar-refractivity contribution in [2.75, 3.05) is 18.2 Å². The standard InChI is InChI=1S/C15H15FN6O2/c1-8(22-7-20-12-13(17)18-6-19-14(12)22)15(23)21-9-3-4-10(16)11(5-9)24-2/h3-8H,1-2H3,(H,21,23)(H2,17,18,19). The van der Waals surface area contributed by atoms with E-state index in [9.17, 15) is 9.18 Å². The number of nitrogens with two attached hydrogens (primary N) is 1. The third kappa shape index (κ3) is 2.71. The van der Waals surface area contributed by atoms with Gasteiger partial charge in [-0.05, 0) is 19.1 Å². The molecular weight excluding hydrogens is 315 g/mol. The maximum atomic E-state index is 13.4. The number of aromatic nitrogens is 4. The van der Waals surface area contributed by atoms with Crippen LogP contribution in [-0.2, 0) is 4.79 Å². The molecule has 1 amide bonds. The molecule has 0 aliphatic rings. The maximum Gasteiger partial charge on any atom is 0.247 e. The van der Waals surface area contributed by atoms with Crippen LogP contribution in [0.25, 0.3) is 11.2 Å². The minimum absolute atomic E-state index is 0.0500. The summed E-state index contributed by atoms with van der Waals surface area (Å²) in [6.07, 6.45) is 2.79. The van der Waals surface area contributed by atoms with E-state index in [4.69, 9.17) is 10.5 Å². The molecule has 0 aliphatic carbocycles. The predicted molar refractivity (Wildman–Crippen MR) is 86.0 cm³/mol. The molecule has 24 heavy (non-hydrogen) atoms. The quantitative estimate of drug-likeness (QED) is 0.754. The van der Waals surface area contributed by atoms with E-state index < -0.39 is 11.9 Å². The molecule has 0 saturated carbocycles. The van der Waals surface area contributed by atoms with E-state index in [1.807, 2.05) is 0 Å². The molecule has 1 aromatic carbocycles. The van der Waals surface area contributed by atoms with Gasteiger partial charge in [0.25, 0.3) is 0 Å². The van der Waals surface area contributed by atoms with Crippen LogP contribution in [-0.4, -0.2) is 32.5 Å². The van der Waals surface area contributed by atoms with Crippen molar-refractivity contribution in [3.8, 4) is 5.75 Å². The molecular formula is C15H15FN6O2. The fourth-order valence-corrected chi connectivity index (χ4v) is 2.26. The van der Waals surface area contributed by atoms with Crippen molar-refractivity contribution in [3.63, 3.8) is 0 Å². The summed E-state index contributed by atoms with van der Waals surface area (Å²) in [5.74, 6) is -0.528. The number of carbonyl (C=O) groups is 1. The summed E-state index contributed by atoms with van der Waals surface area (Å²) in [7, 11) is 1.36. The molecule has 0 bridgehead atoms. The molecule has 2 heterocycles. The van der Waals surface area contributed by atoms with E-state index in [2.05, 4.69) is 20.3 Å². The lowest BCUT2D eigenvalue weighted by Crippen LogP contribution is -2.23. The number of rotatable bonds is 4. The third-order valence-electron chi connectivity index (χ3n) is 3.60. The molecule has 0 aliphatic heterocycles. The van der Waals surface area contributed by atoms with Crippen molar-refractivity contribution in [1.82, 2.24) is 19.5 Å². The summed E-state index contributed by atoms with van der Waals surface area (Å²) in [6.45, 7) is 1.69. The minimum atomic E-state index is -0.611. The normalized spacial score (nSPS) is 12.1. The number of nitrogen functional groups attached to an aromatic ring is 1. The Labute approximate surface area is 136 Å². The Balaban J connectivity index is 1.85. The van der Waals surface area contributed by atoms with Gasteiger partial charge >= 0.3 is 0 Å². The number of nitrogens with zero attached hydrogens (tertiary/aromatic N) is 4. The van der Waals surface area contributed by atoms with Crippen LogP contribution in [0.2, 0.25) is 0 Å². The minimum Gasteiger partial charge on any atom is -0.494 e. The second kappa shape index (κ2) is 6.11. The lowest BCUT2D eigenvalue weighted by molar-refractivity contribution is -0.118. The molecule has 3 N–H and O–H groups in total. The summed E-state index contributed by atoms with van der Waals surface area (Å²) in [5, 5.41) is 2.70. The Kier molecular flexibility index (Phi) is 3.98. The van der Waals surface area contributed by atoms with Gasteiger partial charge in [-0.25, -0.2) is 19.3 Å². The number of nitrogens with one attached hydrogen (secondary N) is 1. The molecule has 2 aromatic heterocycles. The summed E-state index contributed by atoms with van der Waals surface area (Å²) < 4.78 is 19.9. The summed E-state index contributed by atoms with van der Waals surface area (Å²) >= 11 is 0. The van der Waals surface area contributed by atoms with Crippen LogP contribution in [0, 0.1) is 5.82 Å². The number of amides is 1. The highest BCUT2D eigenvalue weighted by Crippen LogP contribution is 2.23. The molecule has 0 saturated heterocycles. The highest BCUT2D eigenvalue weighted by atomic mass is 19.1. The Morgan fingerprint density at radius 3 is 2.92 bits per heavy atom. The SMILES string of the molecule is COc1cc(NC(=O)C(C)n2cnc3c(N)ncnc32)ccc1F. The molecule has 3 rings (SSSR count). The van der Waals surface area contributed by atoms with Gasteiger partial charge in [0.2, 0.25) is 5.91 Å². The number of carbonyl (C=O) groups excluding carboxylic acids is 1. The number of benzene rings is 1. The Morgan fingerprint density at radius 2 is 2.17 bits per heavy atom. The third-order valence-corrected chi connectivity index (χ3v) is 3.60. The van der Waals surface area contributed by atoms with Gasteiger partial charge < -0.3 is 20.4 Å². The van der Waals surface area contributed by atoms with Crippen molar-refractivity contribution in [3.05, 3.63) is 36.7 Å². The maximum absolute atomic E-state index is 13.4. The van der Waals surface area contributed by atoms with E-state index >= 15 is 0 Å². The summed E-state index contributed by atoms with van der Waals surface area (Å²) in [6, 6.07) is 3.47. The van der Waals surface area contributed by atoms with Crippen molar-refractivity contribution in [2.45, 2.75) is 13.0 Å². The first-order valence-electron chi connectivity index (χ1n) is 7.08. The Bertz CT molecular complexity index is 910. The molecule has 0 spiro atoms. The monoisotopic (exact) mass is 330 g/mol. The van der Waals surface area contributed by atoms with Gasteiger partial charge in [-0.15, -0.1) is 0 Å². The zero-order valence-electron chi connectivity index (χ0n) is 13.0. The van der Waals surface area contributed by atoms with Crippen molar-refractivity contribution >= 4 is 28.6 Å². The topological polar surface area (TPSA) is 108 Å². The lowest BCUT2D eigenvalue weighted by atomic mass is 10.2. The molecule has 1 atom stereocenters. The lowest BCUT2D eigenvalue weighted by Gasteiger charge is -2.14. The Morgan fingerprint density at radius 1 is 1.38 bits per heavy atom. The van der Waals surface area contributed by atoms with Crippen molar-refractivity contribution in [2.24, 2.45) is 0 Å². The number of methoxy groups -OCH3 is 1. The zero-order valence-corrected chi connectivity index (χ0v) is 13.0. The van der Waals surface area contributed by atoms with Gasteiger partial charge in [0.05, 0.1) is 13.4 Å². The fourth-order valence-electron chi connectivity index (χ4n) is 2.26. The van der Waals surface area contributed by atoms with Crippen LogP contribution < -0.4 is 15.8 Å². The van der Waals surface area contributed by atoms with Crippen LogP contribution in [0.3, 0.4) is 0 Å². The van der Waals surface area contributed by atoms with Crippen LogP contribution in [0.4, 0.5) is 15.9 Å². The van der Waals surface area contributed by atoms with Crippen LogP contribution >= 0.6 is 0 Å². The van der Waals surface area contributed by atoms with E-state index in [0.717, 1.165) is 0 Å². The Hall–Kier alpha value is -3.23. The molecule has 124 valence electrons. The largest absolute Gasteiger partial charge is 0.494 e. The molecule has 1 unspecified atom stereocenters. The molecule has 8 nitrogen and oxygen atoms in total. The number of hydrogen-bond donors (Lipinski definition) is 2. The first-order valence-corrected chi connectivity index (χ1v) is 7.08. The second-order valence-electron chi connectivity index (χ2n) is 5.10. The number of halogens is 1. The van der Waals surface area contributed by atoms with Gasteiger partial charge in [-0.1, -0.05) is 0 Å². The smallest absolute Gasteiger partial charge is 0.247 e. The number of anilines is 2. The van der Waals surface area contributed by atoms with Gasteiger partial charge in [0.15, 0.2) is 23.0 Å². The molecule has 0 fully saturated rings. The van der Waals surface area contributed by atoms with E-state index in [0.29, 0.717) is 16.9 Å². The number of imidazole rings is 1. The number of fused-ring (bicyclic) bond motifs is 1. The van der Waals surface area contributed by atoms with Gasteiger partial charge in [-0.2, -0.15) is 0 Å². The number of hydrogen-bond acceptors (Lipinski definition) is 6. The predicted octanol–water partition coefficient (Wildman–Crippen LogP) is 1.76. The molecule has 0 radical (unpaired) electrons. The zero-order chi connectivity index (χ0) is 17.3. The second-order valence-corrected chi connectivity index (χ2v) is 5.10. The average molecular weight is 330 g/mol. The summed E-state index contributed by atoms with van der Waals surface area (Å²) in [5.41, 5.74) is 7.05. The highest BCUT2D eigenvalue weighted by Gasteiger charge is 2.19. The van der Waals surface area contributed by atoms with Gasteiger partial charge in [0.1, 0.15) is 17.9 Å². The average Bonchev–Trinajstić information content (AvgIpc) is 3.01. The van der Waals surface area contributed by atoms with Crippen LogP contribution in [0.15, 0.2) is 30.9 Å². The highest BCUT2D eigenvalue weighted by molar-refractivity contribution is 5.94. The molecule has 9 heteroatoms. The van der Waals surface area contributed by atoms with Crippen LogP contribution in [0.1, 0.15) is 13.0 Å². The number of ether oxygens (including phenoxy) is 1. The fraction of sp³-hybridized carbons (Fsp3) is 0.200. The van der Waals surface area contributed by atoms with Gasteiger partial charge in [0, 0.05) is 11.8 Å². The van der Waals surface area contributed by atoms with Crippen molar-refractivity contribution < 1.29 is 13.9 Å². The van der Waals surface area contributed by atoms with Crippen molar-refractivity contribution in [1.29, 1.82) is 0 Å². The molecule has 3 aromatic rings. The van der Waals surface area contributed by atoms with E-state index in [1.165, 1.54) is 38.0 Å². The van der Waals surface area contributed by atoms with E-state index in [-0.39, 0.29) is 17.5 Å². The summed E-state index contributed by atoms with van der Waals surface area (Å²) in [4.78, 5) is 24.6. The van der Waals surface area contributed by atoms with E-state index in [1.54, 1.807) is 11.5 Å². The first-order chi connectivity index (χ1) is 11.5.